The topological polar surface area (TPSA) is 66.8 Å². The first kappa shape index (κ1) is 22.8. The Labute approximate surface area is 166 Å². The Kier molecular flexibility index (Phi) is 13.1. The van der Waals surface area contributed by atoms with Gasteiger partial charge in [0.15, 0.2) is 0 Å². The fourth-order valence-corrected chi connectivity index (χ4v) is 3.33. The molecule has 26 heavy (non-hydrogen) atoms. The van der Waals surface area contributed by atoms with Crippen molar-refractivity contribution in [2.45, 2.75) is 77.0 Å². The lowest BCUT2D eigenvalue weighted by Gasteiger charge is -2.08. The van der Waals surface area contributed by atoms with Crippen molar-refractivity contribution < 1.29 is 19.7 Å². The molecule has 0 radical (unpaired) electrons. The number of ether oxygens (including phenoxy) is 1. The number of hydrogen-bond donors (Lipinski definition) is 2. The van der Waals surface area contributed by atoms with E-state index in [4.69, 9.17) is 9.84 Å². The Morgan fingerprint density at radius 1 is 0.846 bits per heavy atom. The van der Waals surface area contributed by atoms with Gasteiger partial charge in [0.2, 0.25) is 0 Å². The third kappa shape index (κ3) is 10.7. The van der Waals surface area contributed by atoms with E-state index in [1.807, 2.05) is 0 Å². The minimum absolute atomic E-state index is 0.101. The summed E-state index contributed by atoms with van der Waals surface area (Å²) in [6.45, 7) is 0.597. The van der Waals surface area contributed by atoms with Crippen LogP contribution in [0.3, 0.4) is 0 Å². The van der Waals surface area contributed by atoms with Gasteiger partial charge in [-0.05, 0) is 25.0 Å². The van der Waals surface area contributed by atoms with Gasteiger partial charge in [0, 0.05) is 11.4 Å². The van der Waals surface area contributed by atoms with E-state index in [1.165, 1.54) is 76.3 Å². The molecule has 0 aliphatic carbocycles. The summed E-state index contributed by atoms with van der Waals surface area (Å²) in [5.41, 5.74) is -0.101. The fourth-order valence-electron chi connectivity index (χ4n) is 2.94. The SMILES string of the molecule is O=C(O)c1ccc(OCCCCCCCCCCCCCCBr)cc1O. The third-order valence-electron chi connectivity index (χ3n) is 4.50. The summed E-state index contributed by atoms with van der Waals surface area (Å²) >= 11 is 3.47. The lowest BCUT2D eigenvalue weighted by molar-refractivity contribution is 0.0693. The van der Waals surface area contributed by atoms with Gasteiger partial charge in [-0.3, -0.25) is 0 Å². The van der Waals surface area contributed by atoms with Gasteiger partial charge < -0.3 is 14.9 Å². The molecule has 0 bridgehead atoms. The molecule has 1 aromatic rings. The third-order valence-corrected chi connectivity index (χ3v) is 5.06. The van der Waals surface area contributed by atoms with E-state index in [-0.39, 0.29) is 11.3 Å². The van der Waals surface area contributed by atoms with Crippen LogP contribution in [-0.2, 0) is 0 Å². The van der Waals surface area contributed by atoms with E-state index in [0.29, 0.717) is 12.4 Å². The second-order valence-corrected chi connectivity index (χ2v) is 7.56. The van der Waals surface area contributed by atoms with Gasteiger partial charge in [0.25, 0.3) is 0 Å². The summed E-state index contributed by atoms with van der Waals surface area (Å²) in [6, 6.07) is 4.32. The number of rotatable bonds is 16. The minimum Gasteiger partial charge on any atom is -0.507 e. The molecule has 0 aliphatic rings. The Balaban J connectivity index is 1.92. The summed E-state index contributed by atoms with van der Waals surface area (Å²) in [6.07, 6.45) is 15.5. The van der Waals surface area contributed by atoms with Crippen LogP contribution in [0.2, 0.25) is 0 Å². The van der Waals surface area contributed by atoms with Gasteiger partial charge in [0.1, 0.15) is 17.1 Å². The Bertz CT molecular complexity index is 505. The number of aromatic carboxylic acids is 1. The van der Waals surface area contributed by atoms with Gasteiger partial charge in [-0.2, -0.15) is 0 Å². The smallest absolute Gasteiger partial charge is 0.339 e. The molecule has 148 valence electrons. The summed E-state index contributed by atoms with van der Waals surface area (Å²) in [7, 11) is 0. The van der Waals surface area contributed by atoms with Crippen LogP contribution in [0.1, 0.15) is 87.4 Å². The summed E-state index contributed by atoms with van der Waals surface area (Å²) < 4.78 is 5.57. The molecule has 1 rings (SSSR count). The average Bonchev–Trinajstić information content (AvgIpc) is 2.61. The number of benzene rings is 1. The standard InChI is InChI=1S/C21H33BrO4/c22-15-11-9-7-5-3-1-2-4-6-8-10-12-16-26-18-13-14-19(21(24)25)20(23)17-18/h13-14,17,23H,1-12,15-16H2,(H,24,25). The maximum atomic E-state index is 10.8. The minimum atomic E-state index is -1.14. The second kappa shape index (κ2) is 14.9. The molecule has 2 N–H and O–H groups in total. The molecule has 0 aromatic heterocycles. The molecule has 1 aromatic carbocycles. The van der Waals surface area contributed by atoms with Crippen molar-refractivity contribution in [1.82, 2.24) is 0 Å². The number of carboxylic acid groups (broad SMARTS) is 1. The number of halogens is 1. The highest BCUT2D eigenvalue weighted by atomic mass is 79.9. The molecule has 0 spiro atoms. The number of alkyl halides is 1. The van der Waals surface area contributed by atoms with Crippen LogP contribution in [0.5, 0.6) is 11.5 Å². The molecule has 0 fully saturated rings. The predicted molar refractivity (Wildman–Crippen MR) is 110 cm³/mol. The Morgan fingerprint density at radius 2 is 1.35 bits per heavy atom. The molecule has 4 nitrogen and oxygen atoms in total. The van der Waals surface area contributed by atoms with Gasteiger partial charge in [-0.1, -0.05) is 80.1 Å². The molecular formula is C21H33BrO4. The van der Waals surface area contributed by atoms with Crippen molar-refractivity contribution >= 4 is 21.9 Å². The number of carbonyl (C=O) groups is 1. The lowest BCUT2D eigenvalue weighted by atomic mass is 10.1. The van der Waals surface area contributed by atoms with Crippen LogP contribution in [0.25, 0.3) is 0 Å². The highest BCUT2D eigenvalue weighted by Crippen LogP contribution is 2.23. The van der Waals surface area contributed by atoms with Gasteiger partial charge in [-0.25, -0.2) is 4.79 Å². The highest BCUT2D eigenvalue weighted by molar-refractivity contribution is 9.09. The van der Waals surface area contributed by atoms with Crippen LogP contribution in [0, 0.1) is 0 Å². The van der Waals surface area contributed by atoms with Gasteiger partial charge >= 0.3 is 5.97 Å². The molecule has 0 saturated carbocycles. The average molecular weight is 429 g/mol. The van der Waals surface area contributed by atoms with E-state index in [0.717, 1.165) is 18.2 Å². The van der Waals surface area contributed by atoms with Crippen LogP contribution < -0.4 is 4.74 Å². The first-order valence-electron chi connectivity index (χ1n) is 9.90. The Hall–Kier alpha value is -1.23. The van der Waals surface area contributed by atoms with Crippen molar-refractivity contribution in [1.29, 1.82) is 0 Å². The molecule has 0 aliphatic heterocycles. The van der Waals surface area contributed by atoms with E-state index in [1.54, 1.807) is 6.07 Å². The molecule has 0 atom stereocenters. The number of phenols is 1. The Morgan fingerprint density at radius 3 is 1.81 bits per heavy atom. The van der Waals surface area contributed by atoms with Crippen molar-refractivity contribution in [2.24, 2.45) is 0 Å². The lowest BCUT2D eigenvalue weighted by Crippen LogP contribution is -2.00. The summed E-state index contributed by atoms with van der Waals surface area (Å²) in [5, 5.41) is 19.6. The molecule has 5 heteroatoms. The molecule has 0 saturated heterocycles. The number of aromatic hydroxyl groups is 1. The first-order chi connectivity index (χ1) is 12.6. The molecular weight excluding hydrogens is 396 g/mol. The van der Waals surface area contributed by atoms with Gasteiger partial charge in [0.05, 0.1) is 6.61 Å². The zero-order valence-corrected chi connectivity index (χ0v) is 17.3. The largest absolute Gasteiger partial charge is 0.507 e. The number of carboxylic acids is 1. The van der Waals surface area contributed by atoms with Crippen molar-refractivity contribution in [3.05, 3.63) is 23.8 Å². The molecule has 0 heterocycles. The first-order valence-corrected chi connectivity index (χ1v) is 11.0. The predicted octanol–water partition coefficient (Wildman–Crippen LogP) is 6.55. The van der Waals surface area contributed by atoms with Crippen LogP contribution in [0.15, 0.2) is 18.2 Å². The van der Waals surface area contributed by atoms with E-state index in [2.05, 4.69) is 15.9 Å². The van der Waals surface area contributed by atoms with Crippen molar-refractivity contribution in [2.75, 3.05) is 11.9 Å². The van der Waals surface area contributed by atoms with E-state index >= 15 is 0 Å². The van der Waals surface area contributed by atoms with Crippen LogP contribution in [-0.4, -0.2) is 28.1 Å². The molecule has 0 amide bonds. The second-order valence-electron chi connectivity index (χ2n) is 6.76. The van der Waals surface area contributed by atoms with Crippen LogP contribution >= 0.6 is 15.9 Å². The highest BCUT2D eigenvalue weighted by Gasteiger charge is 2.09. The van der Waals surface area contributed by atoms with Crippen molar-refractivity contribution in [3.63, 3.8) is 0 Å². The zero-order chi connectivity index (χ0) is 19.0. The van der Waals surface area contributed by atoms with E-state index < -0.39 is 5.97 Å². The zero-order valence-electron chi connectivity index (χ0n) is 15.7. The summed E-state index contributed by atoms with van der Waals surface area (Å²) in [5.74, 6) is -0.870. The van der Waals surface area contributed by atoms with Gasteiger partial charge in [-0.15, -0.1) is 0 Å². The number of unbranched alkanes of at least 4 members (excludes halogenated alkanes) is 11. The summed E-state index contributed by atoms with van der Waals surface area (Å²) in [4.78, 5) is 10.8. The maximum absolute atomic E-state index is 10.8. The maximum Gasteiger partial charge on any atom is 0.339 e. The van der Waals surface area contributed by atoms with Crippen LogP contribution in [0.4, 0.5) is 0 Å². The molecule has 0 unspecified atom stereocenters. The monoisotopic (exact) mass is 428 g/mol. The quantitative estimate of drug-likeness (QED) is 0.231. The fraction of sp³-hybridized carbons (Fsp3) is 0.667. The number of hydrogen-bond acceptors (Lipinski definition) is 3. The van der Waals surface area contributed by atoms with Crippen molar-refractivity contribution in [3.8, 4) is 11.5 Å². The normalized spacial score (nSPS) is 10.8. The van der Waals surface area contributed by atoms with E-state index in [9.17, 15) is 9.90 Å².